The van der Waals surface area contributed by atoms with E-state index in [1.165, 1.54) is 4.57 Å². The zero-order chi connectivity index (χ0) is 25.6. The normalized spacial score (nSPS) is 17.5. The maximum absolute atomic E-state index is 13.2. The number of sulfonamides is 1. The zero-order valence-corrected chi connectivity index (χ0v) is 21.5. The second kappa shape index (κ2) is 9.39. The van der Waals surface area contributed by atoms with E-state index in [1.807, 2.05) is 48.5 Å². The molecule has 0 bridgehead atoms. The van der Waals surface area contributed by atoms with Gasteiger partial charge in [-0.05, 0) is 55.5 Å². The average Bonchev–Trinajstić information content (AvgIpc) is 3.43. The minimum Gasteiger partial charge on any atom is -0.490 e. The molecule has 0 unspecified atom stereocenters. The fourth-order valence-electron chi connectivity index (χ4n) is 5.46. The zero-order valence-electron chi connectivity index (χ0n) is 20.7. The second-order valence-corrected chi connectivity index (χ2v) is 11.3. The van der Waals surface area contributed by atoms with Gasteiger partial charge >= 0.3 is 6.09 Å². The molecule has 192 valence electrons. The largest absolute Gasteiger partial charge is 0.490 e. The number of carbonyl (C=O) groups excluding carboxylic acids is 1. The quantitative estimate of drug-likeness (QED) is 0.362. The van der Waals surface area contributed by atoms with Crippen LogP contribution in [0.2, 0.25) is 0 Å². The Kier molecular flexibility index (Phi) is 6.04. The maximum atomic E-state index is 13.2. The summed E-state index contributed by atoms with van der Waals surface area (Å²) >= 11 is 0. The van der Waals surface area contributed by atoms with Crippen LogP contribution in [0.5, 0.6) is 5.75 Å². The van der Waals surface area contributed by atoms with E-state index in [4.69, 9.17) is 9.47 Å². The fraction of sp³-hybridized carbons (Fsp3) is 0.321. The minimum atomic E-state index is -3.53. The third-order valence-corrected chi connectivity index (χ3v) is 9.14. The van der Waals surface area contributed by atoms with Gasteiger partial charge in [0.15, 0.2) is 0 Å². The summed E-state index contributed by atoms with van der Waals surface area (Å²) in [5.41, 5.74) is 1.53. The first kappa shape index (κ1) is 23.8. The van der Waals surface area contributed by atoms with Crippen LogP contribution in [0.3, 0.4) is 0 Å². The molecule has 3 heterocycles. The summed E-state index contributed by atoms with van der Waals surface area (Å²) in [7, 11) is -3.53. The number of aromatic nitrogens is 1. The van der Waals surface area contributed by atoms with Crippen LogP contribution < -0.4 is 9.04 Å². The first-order valence-corrected chi connectivity index (χ1v) is 14.1. The van der Waals surface area contributed by atoms with Crippen molar-refractivity contribution >= 4 is 43.5 Å². The third kappa shape index (κ3) is 4.12. The Morgan fingerprint density at radius 2 is 1.73 bits per heavy atom. The molecule has 37 heavy (non-hydrogen) atoms. The molecule has 0 radical (unpaired) electrons. The molecule has 1 saturated heterocycles. The molecule has 0 spiro atoms. The summed E-state index contributed by atoms with van der Waals surface area (Å²) in [6.07, 6.45) is 3.06. The van der Waals surface area contributed by atoms with E-state index in [0.717, 1.165) is 59.0 Å². The van der Waals surface area contributed by atoms with Crippen molar-refractivity contribution in [3.8, 4) is 5.75 Å². The van der Waals surface area contributed by atoms with Gasteiger partial charge in [-0.15, -0.1) is 0 Å². The van der Waals surface area contributed by atoms with Crippen LogP contribution in [-0.4, -0.2) is 62.9 Å². The van der Waals surface area contributed by atoms with E-state index in [0.29, 0.717) is 24.6 Å². The van der Waals surface area contributed by atoms with E-state index in [2.05, 4.69) is 4.90 Å². The van der Waals surface area contributed by atoms with Crippen molar-refractivity contribution in [2.75, 3.05) is 37.1 Å². The topological polar surface area (TPSA) is 81.1 Å². The Morgan fingerprint density at radius 1 is 0.973 bits per heavy atom. The standard InChI is InChI=1S/C28H29N3O5S/c1-2-35-28(32)30-17-14-22-23(30)8-5-10-25(22)36-21-12-15-29(16-13-21)18-19-31-24-9-3-6-20-7-4-11-26(27(20)24)37(31,33)34/h3-11,14,17,21H,2,12-13,15-16,18-19H2,1H3. The Labute approximate surface area is 216 Å². The lowest BCUT2D eigenvalue weighted by atomic mass is 10.1. The monoisotopic (exact) mass is 519 g/mol. The van der Waals surface area contributed by atoms with Gasteiger partial charge in [-0.1, -0.05) is 30.3 Å². The highest BCUT2D eigenvalue weighted by Gasteiger charge is 2.35. The number of hydrogen-bond acceptors (Lipinski definition) is 6. The number of piperidine rings is 1. The van der Waals surface area contributed by atoms with E-state index in [9.17, 15) is 13.2 Å². The number of carbonyl (C=O) groups is 1. The summed E-state index contributed by atoms with van der Waals surface area (Å²) in [5, 5.41) is 2.65. The van der Waals surface area contributed by atoms with E-state index in [1.54, 1.807) is 29.6 Å². The summed E-state index contributed by atoms with van der Waals surface area (Å²) in [4.78, 5) is 14.9. The molecule has 0 atom stereocenters. The number of benzene rings is 3. The Balaban J connectivity index is 1.09. The van der Waals surface area contributed by atoms with Gasteiger partial charge in [0.2, 0.25) is 0 Å². The molecule has 1 aromatic heterocycles. The minimum absolute atomic E-state index is 0.0568. The van der Waals surface area contributed by atoms with Crippen molar-refractivity contribution in [3.63, 3.8) is 0 Å². The molecule has 2 aliphatic rings. The van der Waals surface area contributed by atoms with Crippen LogP contribution in [-0.2, 0) is 14.8 Å². The Hall–Kier alpha value is -3.56. The molecule has 1 fully saturated rings. The van der Waals surface area contributed by atoms with Crippen LogP contribution in [0.15, 0.2) is 71.8 Å². The Morgan fingerprint density at radius 3 is 2.51 bits per heavy atom. The summed E-state index contributed by atoms with van der Waals surface area (Å²) in [6, 6.07) is 18.8. The molecular weight excluding hydrogens is 490 g/mol. The number of likely N-dealkylation sites (tertiary alicyclic amines) is 1. The number of ether oxygens (including phenoxy) is 2. The first-order valence-electron chi connectivity index (χ1n) is 12.7. The predicted octanol–water partition coefficient (Wildman–Crippen LogP) is 4.85. The molecular formula is C28H29N3O5S. The van der Waals surface area contributed by atoms with Crippen molar-refractivity contribution in [1.29, 1.82) is 0 Å². The summed E-state index contributed by atoms with van der Waals surface area (Å²) in [5.74, 6) is 0.757. The van der Waals surface area contributed by atoms with Gasteiger partial charge in [0, 0.05) is 43.1 Å². The molecule has 8 nitrogen and oxygen atoms in total. The lowest BCUT2D eigenvalue weighted by molar-refractivity contribution is 0.104. The number of rotatable bonds is 6. The highest BCUT2D eigenvalue weighted by atomic mass is 32.2. The lowest BCUT2D eigenvalue weighted by Crippen LogP contribution is -2.43. The molecule has 0 saturated carbocycles. The lowest BCUT2D eigenvalue weighted by Gasteiger charge is -2.33. The first-order chi connectivity index (χ1) is 18.0. The van der Waals surface area contributed by atoms with Gasteiger partial charge < -0.3 is 14.4 Å². The molecule has 0 N–H and O–H groups in total. The molecule has 4 aromatic rings. The second-order valence-electron chi connectivity index (χ2n) is 9.44. The smallest absolute Gasteiger partial charge is 0.418 e. The number of nitrogens with zero attached hydrogens (tertiary/aromatic N) is 3. The van der Waals surface area contributed by atoms with Crippen LogP contribution in [0.1, 0.15) is 19.8 Å². The van der Waals surface area contributed by atoms with Crippen molar-refractivity contribution in [3.05, 3.63) is 66.9 Å². The summed E-state index contributed by atoms with van der Waals surface area (Å²) in [6.45, 7) is 4.84. The highest BCUT2D eigenvalue weighted by molar-refractivity contribution is 7.93. The van der Waals surface area contributed by atoms with Crippen molar-refractivity contribution in [2.24, 2.45) is 0 Å². The average molecular weight is 520 g/mol. The predicted molar refractivity (Wildman–Crippen MR) is 143 cm³/mol. The van der Waals surface area contributed by atoms with Crippen LogP contribution >= 0.6 is 0 Å². The highest BCUT2D eigenvalue weighted by Crippen LogP contribution is 2.41. The summed E-state index contributed by atoms with van der Waals surface area (Å²) < 4.78 is 41.0. The van der Waals surface area contributed by atoms with Crippen LogP contribution in [0.4, 0.5) is 10.5 Å². The van der Waals surface area contributed by atoms with Crippen molar-refractivity contribution in [1.82, 2.24) is 9.47 Å². The third-order valence-electron chi connectivity index (χ3n) is 7.29. The van der Waals surface area contributed by atoms with E-state index < -0.39 is 16.1 Å². The number of fused-ring (bicyclic) bond motifs is 1. The number of anilines is 1. The van der Waals surface area contributed by atoms with Gasteiger partial charge in [-0.25, -0.2) is 13.2 Å². The van der Waals surface area contributed by atoms with E-state index in [-0.39, 0.29) is 6.10 Å². The Bertz CT molecular complexity index is 1580. The fourth-order valence-corrected chi connectivity index (χ4v) is 7.16. The molecule has 6 rings (SSSR count). The van der Waals surface area contributed by atoms with Crippen LogP contribution in [0, 0.1) is 0 Å². The molecule has 9 heteroatoms. The van der Waals surface area contributed by atoms with Gasteiger partial charge in [0.1, 0.15) is 11.9 Å². The molecule has 2 aliphatic heterocycles. The van der Waals surface area contributed by atoms with E-state index >= 15 is 0 Å². The SMILES string of the molecule is CCOC(=O)n1ccc2c(OC3CCN(CCN4c5cccc6cccc(c56)S4(=O)=O)CC3)cccc21. The van der Waals surface area contributed by atoms with Gasteiger partial charge in [0.25, 0.3) is 10.0 Å². The number of hydrogen-bond donors (Lipinski definition) is 0. The maximum Gasteiger partial charge on any atom is 0.418 e. The van der Waals surface area contributed by atoms with Gasteiger partial charge in [0.05, 0.1) is 22.7 Å². The molecule has 0 amide bonds. The van der Waals surface area contributed by atoms with Crippen LogP contribution in [0.25, 0.3) is 21.7 Å². The molecule has 3 aromatic carbocycles. The molecule has 0 aliphatic carbocycles. The van der Waals surface area contributed by atoms with Gasteiger partial charge in [-0.3, -0.25) is 8.87 Å². The van der Waals surface area contributed by atoms with Crippen molar-refractivity contribution in [2.45, 2.75) is 30.8 Å². The van der Waals surface area contributed by atoms with Crippen molar-refractivity contribution < 1.29 is 22.7 Å². The van der Waals surface area contributed by atoms with Gasteiger partial charge in [-0.2, -0.15) is 0 Å².